The second-order valence-electron chi connectivity index (χ2n) is 5.20. The average Bonchev–Trinajstić information content (AvgIpc) is 2.48. The van der Waals surface area contributed by atoms with Crippen molar-refractivity contribution in [1.29, 1.82) is 0 Å². The van der Waals surface area contributed by atoms with E-state index in [1.807, 2.05) is 0 Å². The predicted molar refractivity (Wildman–Crippen MR) is 73.3 cm³/mol. The van der Waals surface area contributed by atoms with Crippen molar-refractivity contribution in [3.63, 3.8) is 0 Å². The fourth-order valence-electron chi connectivity index (χ4n) is 2.60. The van der Waals surface area contributed by atoms with E-state index in [2.05, 4.69) is 5.32 Å². The highest BCUT2D eigenvalue weighted by Crippen LogP contribution is 2.25. The van der Waals surface area contributed by atoms with Gasteiger partial charge in [-0.25, -0.2) is 4.39 Å². The summed E-state index contributed by atoms with van der Waals surface area (Å²) >= 11 is 0. The highest BCUT2D eigenvalue weighted by Gasteiger charge is 2.23. The molecule has 0 bridgehead atoms. The molecule has 1 amide bonds. The van der Waals surface area contributed by atoms with E-state index in [1.165, 1.54) is 19.2 Å². The Morgan fingerprint density at radius 3 is 2.70 bits per heavy atom. The molecule has 1 fully saturated rings. The van der Waals surface area contributed by atoms with Gasteiger partial charge in [-0.15, -0.1) is 0 Å². The zero-order chi connectivity index (χ0) is 14.5. The largest absolute Gasteiger partial charge is 0.494 e. The molecule has 0 saturated heterocycles. The van der Waals surface area contributed by atoms with E-state index in [4.69, 9.17) is 9.84 Å². The summed E-state index contributed by atoms with van der Waals surface area (Å²) in [5, 5.41) is 11.9. The summed E-state index contributed by atoms with van der Waals surface area (Å²) in [5.41, 5.74) is 0.00799. The first kappa shape index (κ1) is 14.8. The maximum absolute atomic E-state index is 14.0. The fraction of sp³-hybridized carbons (Fsp3) is 0.533. The first-order valence-corrected chi connectivity index (χ1v) is 6.90. The molecule has 4 nitrogen and oxygen atoms in total. The van der Waals surface area contributed by atoms with Gasteiger partial charge in [0.2, 0.25) is 0 Å². The van der Waals surface area contributed by atoms with Crippen molar-refractivity contribution in [2.75, 3.05) is 13.7 Å². The average molecular weight is 281 g/mol. The van der Waals surface area contributed by atoms with Crippen LogP contribution in [0.3, 0.4) is 0 Å². The van der Waals surface area contributed by atoms with E-state index >= 15 is 0 Å². The molecular weight excluding hydrogens is 261 g/mol. The molecule has 0 radical (unpaired) electrons. The molecular formula is C15H20FNO3. The summed E-state index contributed by atoms with van der Waals surface area (Å²) < 4.78 is 18.8. The smallest absolute Gasteiger partial charge is 0.254 e. The molecule has 0 heterocycles. The van der Waals surface area contributed by atoms with E-state index in [0.29, 0.717) is 5.92 Å². The summed E-state index contributed by atoms with van der Waals surface area (Å²) in [7, 11) is 1.37. The molecule has 2 N–H and O–H groups in total. The van der Waals surface area contributed by atoms with Crippen LogP contribution in [0.25, 0.3) is 0 Å². The van der Waals surface area contributed by atoms with Crippen molar-refractivity contribution in [2.24, 2.45) is 5.92 Å². The van der Waals surface area contributed by atoms with Crippen molar-refractivity contribution in [2.45, 2.75) is 31.7 Å². The van der Waals surface area contributed by atoms with Gasteiger partial charge in [0.25, 0.3) is 5.91 Å². The Kier molecular flexibility index (Phi) is 4.95. The minimum atomic E-state index is -0.628. The number of aliphatic hydroxyl groups is 1. The van der Waals surface area contributed by atoms with Crippen LogP contribution in [0.1, 0.15) is 36.0 Å². The van der Waals surface area contributed by atoms with Crippen LogP contribution in [0.5, 0.6) is 5.75 Å². The second-order valence-corrected chi connectivity index (χ2v) is 5.20. The van der Waals surface area contributed by atoms with Crippen LogP contribution in [-0.4, -0.2) is 30.8 Å². The molecule has 1 aliphatic rings. The highest BCUT2D eigenvalue weighted by atomic mass is 19.1. The molecule has 0 spiro atoms. The van der Waals surface area contributed by atoms with Crippen LogP contribution in [-0.2, 0) is 0 Å². The van der Waals surface area contributed by atoms with E-state index in [1.54, 1.807) is 6.07 Å². The van der Waals surface area contributed by atoms with E-state index in [-0.39, 0.29) is 24.0 Å². The summed E-state index contributed by atoms with van der Waals surface area (Å²) in [5.74, 6) is -0.635. The molecule has 0 aromatic heterocycles. The number of ether oxygens (including phenoxy) is 1. The summed E-state index contributed by atoms with van der Waals surface area (Å²) in [6.07, 6.45) is 3.43. The first-order chi connectivity index (χ1) is 9.65. The molecule has 110 valence electrons. The third kappa shape index (κ3) is 3.28. The molecule has 20 heavy (non-hydrogen) atoms. The van der Waals surface area contributed by atoms with Gasteiger partial charge in [0.05, 0.1) is 12.7 Å². The Bertz CT molecular complexity index is 470. The molecule has 5 heteroatoms. The normalized spacial score (nSPS) is 22.4. The number of methoxy groups -OCH3 is 1. The third-order valence-electron chi connectivity index (χ3n) is 3.87. The standard InChI is InChI=1S/C15H20FNO3/c1-20-13-4-2-3-12(14(13)16)15(19)17-11-7-5-10(9-18)6-8-11/h2-4,10-11,18H,5-9H2,1H3,(H,17,19). The lowest BCUT2D eigenvalue weighted by molar-refractivity contribution is 0.0909. The van der Waals surface area contributed by atoms with Crippen LogP contribution in [0.4, 0.5) is 4.39 Å². The lowest BCUT2D eigenvalue weighted by Crippen LogP contribution is -2.38. The van der Waals surface area contributed by atoms with Crippen LogP contribution in [0.2, 0.25) is 0 Å². The minimum Gasteiger partial charge on any atom is -0.494 e. The van der Waals surface area contributed by atoms with Crippen molar-refractivity contribution < 1.29 is 19.0 Å². The Morgan fingerprint density at radius 2 is 2.10 bits per heavy atom. The number of nitrogens with one attached hydrogen (secondary N) is 1. The zero-order valence-corrected chi connectivity index (χ0v) is 11.6. The predicted octanol–water partition coefficient (Wildman–Crippen LogP) is 2.12. The molecule has 1 aromatic rings. The van der Waals surface area contributed by atoms with Gasteiger partial charge < -0.3 is 15.2 Å². The van der Waals surface area contributed by atoms with Gasteiger partial charge in [-0.3, -0.25) is 4.79 Å². The van der Waals surface area contributed by atoms with Gasteiger partial charge in [0.1, 0.15) is 0 Å². The number of carbonyl (C=O) groups is 1. The molecule has 0 unspecified atom stereocenters. The Morgan fingerprint density at radius 1 is 1.40 bits per heavy atom. The summed E-state index contributed by atoms with van der Waals surface area (Å²) in [6, 6.07) is 4.58. The maximum atomic E-state index is 14.0. The van der Waals surface area contributed by atoms with Gasteiger partial charge in [-0.1, -0.05) is 6.07 Å². The van der Waals surface area contributed by atoms with Crippen molar-refractivity contribution >= 4 is 5.91 Å². The highest BCUT2D eigenvalue weighted by molar-refractivity contribution is 5.95. The number of rotatable bonds is 4. The van der Waals surface area contributed by atoms with Crippen LogP contribution >= 0.6 is 0 Å². The Hall–Kier alpha value is -1.62. The maximum Gasteiger partial charge on any atom is 0.254 e. The molecule has 0 atom stereocenters. The number of aliphatic hydroxyl groups excluding tert-OH is 1. The SMILES string of the molecule is COc1cccc(C(=O)NC2CCC(CO)CC2)c1F. The minimum absolute atomic E-state index is 0.00799. The van der Waals surface area contributed by atoms with Crippen LogP contribution in [0.15, 0.2) is 18.2 Å². The molecule has 1 aliphatic carbocycles. The fourth-order valence-corrected chi connectivity index (χ4v) is 2.60. The van der Waals surface area contributed by atoms with Gasteiger partial charge in [0.15, 0.2) is 11.6 Å². The van der Waals surface area contributed by atoms with Gasteiger partial charge in [-0.2, -0.15) is 0 Å². The molecule has 1 saturated carbocycles. The summed E-state index contributed by atoms with van der Waals surface area (Å²) in [6.45, 7) is 0.200. The topological polar surface area (TPSA) is 58.6 Å². The Balaban J connectivity index is 1.99. The Labute approximate surface area is 117 Å². The lowest BCUT2D eigenvalue weighted by Gasteiger charge is -2.28. The van der Waals surface area contributed by atoms with Crippen molar-refractivity contribution in [3.8, 4) is 5.75 Å². The molecule has 1 aromatic carbocycles. The van der Waals surface area contributed by atoms with E-state index < -0.39 is 11.7 Å². The third-order valence-corrected chi connectivity index (χ3v) is 3.87. The van der Waals surface area contributed by atoms with E-state index in [0.717, 1.165) is 25.7 Å². The molecule has 0 aliphatic heterocycles. The lowest BCUT2D eigenvalue weighted by atomic mass is 9.86. The number of amides is 1. The van der Waals surface area contributed by atoms with Crippen LogP contribution in [0, 0.1) is 11.7 Å². The first-order valence-electron chi connectivity index (χ1n) is 6.90. The molecule has 2 rings (SSSR count). The number of halogens is 1. The van der Waals surface area contributed by atoms with Gasteiger partial charge in [-0.05, 0) is 43.7 Å². The monoisotopic (exact) mass is 281 g/mol. The van der Waals surface area contributed by atoms with E-state index in [9.17, 15) is 9.18 Å². The van der Waals surface area contributed by atoms with Crippen LogP contribution < -0.4 is 10.1 Å². The van der Waals surface area contributed by atoms with Gasteiger partial charge >= 0.3 is 0 Å². The second kappa shape index (κ2) is 6.70. The summed E-state index contributed by atoms with van der Waals surface area (Å²) in [4.78, 5) is 12.1. The number of benzene rings is 1. The quantitative estimate of drug-likeness (QED) is 0.888. The number of carbonyl (C=O) groups excluding carboxylic acids is 1. The number of hydrogen-bond donors (Lipinski definition) is 2. The zero-order valence-electron chi connectivity index (χ0n) is 11.6. The van der Waals surface area contributed by atoms with Crippen molar-refractivity contribution in [3.05, 3.63) is 29.6 Å². The van der Waals surface area contributed by atoms with Gasteiger partial charge in [0, 0.05) is 12.6 Å². The van der Waals surface area contributed by atoms with Crippen molar-refractivity contribution in [1.82, 2.24) is 5.32 Å². The number of hydrogen-bond acceptors (Lipinski definition) is 3.